The summed E-state index contributed by atoms with van der Waals surface area (Å²) in [6.45, 7) is 5.59. The predicted octanol–water partition coefficient (Wildman–Crippen LogP) is 4.28. The topological polar surface area (TPSA) is 67.2 Å². The van der Waals surface area contributed by atoms with Gasteiger partial charge in [0.05, 0.1) is 18.2 Å². The van der Waals surface area contributed by atoms with Crippen LogP contribution in [0.4, 0.5) is 10.8 Å². The Morgan fingerprint density at radius 2 is 2.26 bits per heavy atom. The van der Waals surface area contributed by atoms with E-state index in [4.69, 9.17) is 12.2 Å². The standard InChI is InChI=1S/C17H23BrN4O2S3/c1-12(2)9-21(15-6-7-27(23,24)10-15)11-22-17(25)26-16(20-22)19-14-5-3-4-13(18)8-14/h3-5,8,12,15H,6-7,9-11H2,1-2H3,(H,19,20). The normalized spacial score (nSPS) is 19.1. The minimum absolute atomic E-state index is 0.0301. The highest BCUT2D eigenvalue weighted by molar-refractivity contribution is 9.10. The van der Waals surface area contributed by atoms with Gasteiger partial charge in [0, 0.05) is 22.7 Å². The van der Waals surface area contributed by atoms with Crippen LogP contribution in [0.2, 0.25) is 0 Å². The molecule has 6 nitrogen and oxygen atoms in total. The molecule has 1 unspecified atom stereocenters. The predicted molar refractivity (Wildman–Crippen MR) is 117 cm³/mol. The van der Waals surface area contributed by atoms with Crippen LogP contribution in [-0.4, -0.2) is 47.2 Å². The first kappa shape index (κ1) is 20.9. The molecule has 2 heterocycles. The van der Waals surface area contributed by atoms with Gasteiger partial charge in [0.1, 0.15) is 0 Å². The van der Waals surface area contributed by atoms with Gasteiger partial charge in [-0.2, -0.15) is 0 Å². The van der Waals surface area contributed by atoms with Gasteiger partial charge < -0.3 is 5.32 Å². The summed E-state index contributed by atoms with van der Waals surface area (Å²) >= 11 is 10.4. The summed E-state index contributed by atoms with van der Waals surface area (Å²) in [6, 6.07) is 7.89. The summed E-state index contributed by atoms with van der Waals surface area (Å²) in [7, 11) is -2.93. The summed E-state index contributed by atoms with van der Waals surface area (Å²) in [6.07, 6.45) is 0.676. The Bertz CT molecular complexity index is 955. The van der Waals surface area contributed by atoms with E-state index < -0.39 is 9.84 Å². The van der Waals surface area contributed by atoms with Crippen LogP contribution in [0.1, 0.15) is 20.3 Å². The van der Waals surface area contributed by atoms with E-state index in [1.54, 1.807) is 4.68 Å². The van der Waals surface area contributed by atoms with E-state index in [9.17, 15) is 8.42 Å². The summed E-state index contributed by atoms with van der Waals surface area (Å²) in [5.74, 6) is 0.922. The van der Waals surface area contributed by atoms with E-state index in [1.807, 2.05) is 24.3 Å². The summed E-state index contributed by atoms with van der Waals surface area (Å²) in [4.78, 5) is 2.20. The van der Waals surface area contributed by atoms with E-state index in [1.165, 1.54) is 11.3 Å². The van der Waals surface area contributed by atoms with Gasteiger partial charge in [-0.05, 0) is 42.8 Å². The maximum Gasteiger partial charge on any atom is 0.209 e. The fourth-order valence-corrected chi connectivity index (χ4v) is 6.34. The number of hydrogen-bond donors (Lipinski definition) is 1. The first-order chi connectivity index (χ1) is 12.7. The maximum atomic E-state index is 11.9. The van der Waals surface area contributed by atoms with Crippen molar-refractivity contribution in [1.82, 2.24) is 14.7 Å². The second-order valence-corrected chi connectivity index (χ2v) is 11.9. The van der Waals surface area contributed by atoms with Crippen molar-refractivity contribution in [3.63, 3.8) is 0 Å². The van der Waals surface area contributed by atoms with Crippen molar-refractivity contribution in [2.75, 3.05) is 23.4 Å². The van der Waals surface area contributed by atoms with Gasteiger partial charge in [0.25, 0.3) is 0 Å². The Kier molecular flexibility index (Phi) is 6.73. The smallest absolute Gasteiger partial charge is 0.209 e. The Hall–Kier alpha value is -0.810. The molecule has 1 aromatic heterocycles. The third-order valence-corrected chi connectivity index (χ3v) is 7.79. The second kappa shape index (κ2) is 8.69. The molecule has 10 heteroatoms. The van der Waals surface area contributed by atoms with Crippen LogP contribution in [0, 0.1) is 9.87 Å². The molecule has 148 valence electrons. The third kappa shape index (κ3) is 5.83. The number of aromatic nitrogens is 2. The van der Waals surface area contributed by atoms with Gasteiger partial charge in [0.15, 0.2) is 13.8 Å². The monoisotopic (exact) mass is 490 g/mol. The van der Waals surface area contributed by atoms with Crippen molar-refractivity contribution in [3.8, 4) is 0 Å². The van der Waals surface area contributed by atoms with Crippen LogP contribution in [-0.2, 0) is 16.5 Å². The fraction of sp³-hybridized carbons (Fsp3) is 0.529. The van der Waals surface area contributed by atoms with Crippen LogP contribution >= 0.6 is 39.5 Å². The minimum Gasteiger partial charge on any atom is -0.330 e. The number of nitrogens with one attached hydrogen (secondary N) is 1. The quantitative estimate of drug-likeness (QED) is 0.584. The molecule has 0 radical (unpaired) electrons. The number of halogens is 1. The van der Waals surface area contributed by atoms with Crippen LogP contribution < -0.4 is 5.32 Å². The van der Waals surface area contributed by atoms with Gasteiger partial charge in [-0.1, -0.05) is 47.2 Å². The van der Waals surface area contributed by atoms with E-state index >= 15 is 0 Å². The van der Waals surface area contributed by atoms with Gasteiger partial charge >= 0.3 is 0 Å². The van der Waals surface area contributed by atoms with Gasteiger partial charge in [-0.3, -0.25) is 4.90 Å². The molecule has 0 spiro atoms. The lowest BCUT2D eigenvalue weighted by atomic mass is 10.1. The Balaban J connectivity index is 1.76. The summed E-state index contributed by atoms with van der Waals surface area (Å²) in [5.41, 5.74) is 0.932. The van der Waals surface area contributed by atoms with Crippen LogP contribution in [0.3, 0.4) is 0 Å². The molecular formula is C17H23BrN4O2S3. The highest BCUT2D eigenvalue weighted by Gasteiger charge is 2.32. The number of anilines is 2. The molecule has 1 aromatic carbocycles. The van der Waals surface area contributed by atoms with Gasteiger partial charge in [-0.25, -0.2) is 13.1 Å². The zero-order valence-electron chi connectivity index (χ0n) is 15.3. The second-order valence-electron chi connectivity index (χ2n) is 7.17. The van der Waals surface area contributed by atoms with E-state index in [-0.39, 0.29) is 17.5 Å². The highest BCUT2D eigenvalue weighted by atomic mass is 79.9. The van der Waals surface area contributed by atoms with Gasteiger partial charge in [-0.15, -0.1) is 5.10 Å². The molecule has 0 amide bonds. The number of benzene rings is 1. The van der Waals surface area contributed by atoms with Crippen LogP contribution in [0.25, 0.3) is 0 Å². The first-order valence-corrected chi connectivity index (χ1v) is 12.6. The van der Waals surface area contributed by atoms with E-state index in [0.29, 0.717) is 23.0 Å². The average Bonchev–Trinajstić information content (AvgIpc) is 3.08. The molecule has 1 fully saturated rings. The molecule has 2 aromatic rings. The van der Waals surface area contributed by atoms with Crippen molar-refractivity contribution in [3.05, 3.63) is 32.7 Å². The molecule has 0 saturated carbocycles. The molecule has 1 N–H and O–H groups in total. The minimum atomic E-state index is -2.93. The summed E-state index contributed by atoms with van der Waals surface area (Å²) < 4.78 is 27.2. The van der Waals surface area contributed by atoms with Crippen LogP contribution in [0.15, 0.2) is 28.7 Å². The Morgan fingerprint density at radius 3 is 2.89 bits per heavy atom. The lowest BCUT2D eigenvalue weighted by Crippen LogP contribution is -2.40. The molecule has 3 rings (SSSR count). The lowest BCUT2D eigenvalue weighted by molar-refractivity contribution is 0.138. The average molecular weight is 492 g/mol. The first-order valence-electron chi connectivity index (χ1n) is 8.77. The SMILES string of the molecule is CC(C)CN(Cn1nc(Nc2cccc(Br)c2)sc1=S)C1CCS(=O)(=O)C1. The zero-order chi connectivity index (χ0) is 19.6. The zero-order valence-corrected chi connectivity index (χ0v) is 19.3. The molecule has 1 aliphatic rings. The van der Waals surface area contributed by atoms with Crippen LogP contribution in [0.5, 0.6) is 0 Å². The molecule has 1 atom stereocenters. The van der Waals surface area contributed by atoms with E-state index in [0.717, 1.165) is 21.8 Å². The number of sulfone groups is 1. The molecule has 0 aliphatic carbocycles. The molecule has 1 saturated heterocycles. The number of rotatable bonds is 7. The summed E-state index contributed by atoms with van der Waals surface area (Å²) in [5, 5.41) is 8.60. The lowest BCUT2D eigenvalue weighted by Gasteiger charge is -2.29. The van der Waals surface area contributed by atoms with Crippen molar-refractivity contribution < 1.29 is 8.42 Å². The van der Waals surface area contributed by atoms with Crippen molar-refractivity contribution in [1.29, 1.82) is 0 Å². The van der Waals surface area contributed by atoms with Crippen molar-refractivity contribution in [2.45, 2.75) is 33.0 Å². The largest absolute Gasteiger partial charge is 0.330 e. The number of nitrogens with zero attached hydrogens (tertiary/aromatic N) is 3. The highest BCUT2D eigenvalue weighted by Crippen LogP contribution is 2.24. The number of hydrogen-bond acceptors (Lipinski definition) is 7. The molecule has 27 heavy (non-hydrogen) atoms. The molecular weight excluding hydrogens is 468 g/mol. The Morgan fingerprint density at radius 1 is 1.48 bits per heavy atom. The van der Waals surface area contributed by atoms with Crippen molar-refractivity contribution >= 4 is 60.1 Å². The van der Waals surface area contributed by atoms with E-state index in [2.05, 4.69) is 45.1 Å². The molecule has 1 aliphatic heterocycles. The molecule has 0 bridgehead atoms. The van der Waals surface area contributed by atoms with Crippen molar-refractivity contribution in [2.24, 2.45) is 5.92 Å². The fourth-order valence-electron chi connectivity index (χ4n) is 3.16. The Labute approximate surface area is 177 Å². The van der Waals surface area contributed by atoms with Gasteiger partial charge in [0.2, 0.25) is 5.13 Å². The third-order valence-electron chi connectivity index (χ3n) is 4.32. The maximum absolute atomic E-state index is 11.9.